The van der Waals surface area contributed by atoms with Gasteiger partial charge in [0.15, 0.2) is 0 Å². The average molecular weight is 190 g/mol. The Kier molecular flexibility index (Phi) is 2.76. The zero-order valence-corrected chi connectivity index (χ0v) is 8.72. The van der Waals surface area contributed by atoms with Gasteiger partial charge in [-0.05, 0) is 18.6 Å². The molecule has 3 heteroatoms. The second-order valence-electron chi connectivity index (χ2n) is 3.96. The van der Waals surface area contributed by atoms with Gasteiger partial charge in [0.25, 0.3) is 5.56 Å². The molecule has 0 spiro atoms. The molecule has 0 saturated carbocycles. The molecule has 0 bridgehead atoms. The van der Waals surface area contributed by atoms with Crippen LogP contribution in [-0.4, -0.2) is 4.98 Å². The van der Waals surface area contributed by atoms with Crippen LogP contribution < -0.4 is 5.56 Å². The maximum Gasteiger partial charge on any atom is 0.266 e. The zero-order chi connectivity index (χ0) is 10.8. The first-order chi connectivity index (χ1) is 6.51. The lowest BCUT2D eigenvalue weighted by Gasteiger charge is -2.22. The van der Waals surface area contributed by atoms with Gasteiger partial charge in [-0.3, -0.25) is 4.79 Å². The molecule has 1 heterocycles. The van der Waals surface area contributed by atoms with Gasteiger partial charge in [-0.15, -0.1) is 0 Å². The fraction of sp³-hybridized carbons (Fsp3) is 0.455. The van der Waals surface area contributed by atoms with Crippen molar-refractivity contribution in [1.82, 2.24) is 4.98 Å². The molecule has 1 aromatic rings. The van der Waals surface area contributed by atoms with Gasteiger partial charge in [-0.2, -0.15) is 5.26 Å². The summed E-state index contributed by atoms with van der Waals surface area (Å²) >= 11 is 0. The predicted octanol–water partition coefficient (Wildman–Crippen LogP) is 1.93. The van der Waals surface area contributed by atoms with Crippen LogP contribution in [0.4, 0.5) is 0 Å². The van der Waals surface area contributed by atoms with E-state index in [1.54, 1.807) is 6.07 Å². The van der Waals surface area contributed by atoms with E-state index in [2.05, 4.69) is 25.8 Å². The molecule has 0 saturated heterocycles. The standard InChI is InChI=1S/C11H14N2O/c1-4-11(2,3)9-6-5-8(7-12)10(14)13-9/h5-6H,4H2,1-3H3,(H,13,14). The first kappa shape index (κ1) is 10.5. The number of rotatable bonds is 2. The lowest BCUT2D eigenvalue weighted by Crippen LogP contribution is -2.22. The van der Waals surface area contributed by atoms with E-state index in [1.807, 2.05) is 12.1 Å². The fourth-order valence-electron chi connectivity index (χ4n) is 1.15. The summed E-state index contributed by atoms with van der Waals surface area (Å²) in [6, 6.07) is 5.23. The summed E-state index contributed by atoms with van der Waals surface area (Å²) in [5.74, 6) is 0. The van der Waals surface area contributed by atoms with Crippen molar-refractivity contribution in [3.05, 3.63) is 33.7 Å². The fourth-order valence-corrected chi connectivity index (χ4v) is 1.15. The number of aromatic nitrogens is 1. The molecule has 0 aliphatic carbocycles. The average Bonchev–Trinajstić information content (AvgIpc) is 2.17. The number of nitriles is 1. The Balaban J connectivity index is 3.24. The lowest BCUT2D eigenvalue weighted by atomic mass is 9.86. The van der Waals surface area contributed by atoms with Crippen LogP contribution >= 0.6 is 0 Å². The number of hydrogen-bond donors (Lipinski definition) is 1. The third-order valence-electron chi connectivity index (χ3n) is 2.64. The monoisotopic (exact) mass is 190 g/mol. The maximum absolute atomic E-state index is 11.4. The molecule has 0 atom stereocenters. The summed E-state index contributed by atoms with van der Waals surface area (Å²) in [5.41, 5.74) is 0.698. The highest BCUT2D eigenvalue weighted by molar-refractivity contribution is 5.28. The summed E-state index contributed by atoms with van der Waals surface area (Å²) in [4.78, 5) is 14.1. The van der Waals surface area contributed by atoms with Crippen LogP contribution in [0.5, 0.6) is 0 Å². The van der Waals surface area contributed by atoms with Gasteiger partial charge in [0.05, 0.1) is 0 Å². The Labute approximate surface area is 83.4 Å². The Morgan fingerprint density at radius 3 is 2.57 bits per heavy atom. The van der Waals surface area contributed by atoms with Crippen LogP contribution in [-0.2, 0) is 5.41 Å². The van der Waals surface area contributed by atoms with E-state index in [1.165, 1.54) is 0 Å². The van der Waals surface area contributed by atoms with Gasteiger partial charge < -0.3 is 4.98 Å². The van der Waals surface area contributed by atoms with Crippen LogP contribution in [0.3, 0.4) is 0 Å². The minimum Gasteiger partial charge on any atom is -0.325 e. The number of pyridine rings is 1. The largest absolute Gasteiger partial charge is 0.325 e. The molecule has 0 fully saturated rings. The molecule has 74 valence electrons. The molecule has 0 aliphatic heterocycles. The normalized spacial score (nSPS) is 11.0. The van der Waals surface area contributed by atoms with Gasteiger partial charge in [-0.25, -0.2) is 0 Å². The molecule has 0 radical (unpaired) electrons. The highest BCUT2D eigenvalue weighted by atomic mass is 16.1. The predicted molar refractivity (Wildman–Crippen MR) is 55.1 cm³/mol. The highest BCUT2D eigenvalue weighted by Crippen LogP contribution is 2.23. The van der Waals surface area contributed by atoms with Gasteiger partial charge >= 0.3 is 0 Å². The summed E-state index contributed by atoms with van der Waals surface area (Å²) < 4.78 is 0. The topological polar surface area (TPSA) is 56.6 Å². The third kappa shape index (κ3) is 1.85. The van der Waals surface area contributed by atoms with Crippen LogP contribution in [0, 0.1) is 11.3 Å². The van der Waals surface area contributed by atoms with Crippen LogP contribution in [0.25, 0.3) is 0 Å². The highest BCUT2D eigenvalue weighted by Gasteiger charge is 2.19. The molecule has 14 heavy (non-hydrogen) atoms. The molecule has 1 aromatic heterocycles. The first-order valence-electron chi connectivity index (χ1n) is 4.65. The second kappa shape index (κ2) is 3.67. The molecule has 1 N–H and O–H groups in total. The molecule has 1 rings (SSSR count). The molecular weight excluding hydrogens is 176 g/mol. The van der Waals surface area contributed by atoms with Gasteiger partial charge in [0, 0.05) is 11.1 Å². The molecule has 0 aliphatic rings. The van der Waals surface area contributed by atoms with E-state index < -0.39 is 0 Å². The Hall–Kier alpha value is -1.56. The van der Waals surface area contributed by atoms with E-state index >= 15 is 0 Å². The lowest BCUT2D eigenvalue weighted by molar-refractivity contribution is 0.489. The Bertz CT molecular complexity index is 424. The second-order valence-corrected chi connectivity index (χ2v) is 3.96. The number of nitrogens with one attached hydrogen (secondary N) is 1. The summed E-state index contributed by atoms with van der Waals surface area (Å²) in [5, 5.41) is 8.60. The van der Waals surface area contributed by atoms with E-state index in [0.717, 1.165) is 12.1 Å². The number of nitrogens with zero attached hydrogens (tertiary/aromatic N) is 1. The minimum atomic E-state index is -0.300. The van der Waals surface area contributed by atoms with Crippen molar-refractivity contribution in [2.75, 3.05) is 0 Å². The van der Waals surface area contributed by atoms with Crippen molar-refractivity contribution in [2.24, 2.45) is 0 Å². The minimum absolute atomic E-state index is 0.0485. The van der Waals surface area contributed by atoms with E-state index in [0.29, 0.717) is 0 Å². The van der Waals surface area contributed by atoms with Crippen LogP contribution in [0.2, 0.25) is 0 Å². The van der Waals surface area contributed by atoms with Crippen molar-refractivity contribution >= 4 is 0 Å². The molecule has 0 unspecified atom stereocenters. The van der Waals surface area contributed by atoms with Gasteiger partial charge in [0.2, 0.25) is 0 Å². The van der Waals surface area contributed by atoms with Crippen molar-refractivity contribution in [3.8, 4) is 6.07 Å². The Morgan fingerprint density at radius 1 is 1.50 bits per heavy atom. The van der Waals surface area contributed by atoms with Crippen molar-refractivity contribution in [1.29, 1.82) is 5.26 Å². The SMILES string of the molecule is CCC(C)(C)c1ccc(C#N)c(=O)[nH]1. The zero-order valence-electron chi connectivity index (χ0n) is 8.72. The third-order valence-corrected chi connectivity index (χ3v) is 2.64. The van der Waals surface area contributed by atoms with E-state index in [9.17, 15) is 4.79 Å². The summed E-state index contributed by atoms with van der Waals surface area (Å²) in [7, 11) is 0. The Morgan fingerprint density at radius 2 is 2.14 bits per heavy atom. The van der Waals surface area contributed by atoms with E-state index in [-0.39, 0.29) is 16.5 Å². The number of hydrogen-bond acceptors (Lipinski definition) is 2. The molecule has 0 amide bonds. The van der Waals surface area contributed by atoms with Gasteiger partial charge in [-0.1, -0.05) is 20.8 Å². The summed E-state index contributed by atoms with van der Waals surface area (Å²) in [6.07, 6.45) is 0.939. The maximum atomic E-state index is 11.4. The molecule has 3 nitrogen and oxygen atoms in total. The first-order valence-corrected chi connectivity index (χ1v) is 4.65. The number of aromatic amines is 1. The smallest absolute Gasteiger partial charge is 0.266 e. The van der Waals surface area contributed by atoms with E-state index in [4.69, 9.17) is 5.26 Å². The van der Waals surface area contributed by atoms with Crippen molar-refractivity contribution < 1.29 is 0 Å². The molecular formula is C11H14N2O. The van der Waals surface area contributed by atoms with Crippen molar-refractivity contribution in [2.45, 2.75) is 32.6 Å². The number of H-pyrrole nitrogens is 1. The van der Waals surface area contributed by atoms with Crippen LogP contribution in [0.1, 0.15) is 38.4 Å². The quantitative estimate of drug-likeness (QED) is 0.774. The molecule has 0 aromatic carbocycles. The van der Waals surface area contributed by atoms with Crippen LogP contribution in [0.15, 0.2) is 16.9 Å². The summed E-state index contributed by atoms with van der Waals surface area (Å²) in [6.45, 7) is 6.19. The van der Waals surface area contributed by atoms with Gasteiger partial charge in [0.1, 0.15) is 11.6 Å². The van der Waals surface area contributed by atoms with Crippen molar-refractivity contribution in [3.63, 3.8) is 0 Å².